The van der Waals surface area contributed by atoms with Gasteiger partial charge in [-0.3, -0.25) is 4.79 Å². The van der Waals surface area contributed by atoms with E-state index < -0.39 is 0 Å². The van der Waals surface area contributed by atoms with Gasteiger partial charge in [-0.25, -0.2) is 9.67 Å². The molecule has 0 aliphatic heterocycles. The molecule has 0 bridgehead atoms. The Hall–Kier alpha value is -2.21. The molecule has 3 rings (SSSR count). The highest BCUT2D eigenvalue weighted by Gasteiger charge is 2.24. The molecular weight excluding hydrogens is 254 g/mol. The lowest BCUT2D eigenvalue weighted by atomic mass is 10.1. The van der Waals surface area contributed by atoms with Gasteiger partial charge in [-0.15, -0.1) is 0 Å². The summed E-state index contributed by atoms with van der Waals surface area (Å²) in [5.41, 5.74) is 7.20. The van der Waals surface area contributed by atoms with Gasteiger partial charge in [0.15, 0.2) is 0 Å². The van der Waals surface area contributed by atoms with Crippen LogP contribution in [0.4, 0.5) is 0 Å². The zero-order valence-electron chi connectivity index (χ0n) is 11.1. The number of hydrogen-bond acceptors (Lipinski definition) is 4. The third-order valence-corrected chi connectivity index (χ3v) is 3.62. The molecule has 2 aromatic rings. The summed E-state index contributed by atoms with van der Waals surface area (Å²) in [7, 11) is 0. The summed E-state index contributed by atoms with van der Waals surface area (Å²) >= 11 is 0. The number of nitrogens with zero attached hydrogens (tertiary/aromatic N) is 3. The maximum Gasteiger partial charge on any atom is 0.253 e. The summed E-state index contributed by atoms with van der Waals surface area (Å²) in [6, 6.07) is 7.73. The van der Waals surface area contributed by atoms with Gasteiger partial charge in [0.2, 0.25) is 0 Å². The van der Waals surface area contributed by atoms with Crippen LogP contribution in [0.15, 0.2) is 36.9 Å². The molecule has 3 N–H and O–H groups in total. The summed E-state index contributed by atoms with van der Waals surface area (Å²) in [5, 5.41) is 7.13. The molecule has 1 aromatic carbocycles. The standard InChI is InChI=1S/C14H17N5O/c15-10-5-6-11(7-10)18-14(20)12-3-1-2-4-13(12)19-9-16-8-17-19/h1-4,8-11H,5-7,15H2,(H,18,20)/t10-,11-/m1/s1. The molecule has 0 radical (unpaired) electrons. The molecule has 6 heteroatoms. The fourth-order valence-corrected chi connectivity index (χ4v) is 2.61. The fraction of sp³-hybridized carbons (Fsp3) is 0.357. The highest BCUT2D eigenvalue weighted by molar-refractivity contribution is 5.97. The van der Waals surface area contributed by atoms with Gasteiger partial charge < -0.3 is 11.1 Å². The minimum Gasteiger partial charge on any atom is -0.349 e. The first kappa shape index (κ1) is 12.8. The van der Waals surface area contributed by atoms with E-state index in [9.17, 15) is 4.79 Å². The van der Waals surface area contributed by atoms with E-state index in [2.05, 4.69) is 15.4 Å². The number of para-hydroxylation sites is 1. The lowest BCUT2D eigenvalue weighted by molar-refractivity contribution is 0.0937. The Labute approximate surface area is 117 Å². The smallest absolute Gasteiger partial charge is 0.253 e. The van der Waals surface area contributed by atoms with Gasteiger partial charge in [-0.1, -0.05) is 12.1 Å². The van der Waals surface area contributed by atoms with Crippen LogP contribution in [0, 0.1) is 0 Å². The summed E-state index contributed by atoms with van der Waals surface area (Å²) in [6.07, 6.45) is 5.79. The van der Waals surface area contributed by atoms with Crippen LogP contribution in [0.1, 0.15) is 29.6 Å². The number of carbonyl (C=O) groups excluding carboxylic acids is 1. The van der Waals surface area contributed by atoms with E-state index in [0.29, 0.717) is 5.56 Å². The summed E-state index contributed by atoms with van der Waals surface area (Å²) < 4.78 is 1.59. The topological polar surface area (TPSA) is 85.8 Å². The Morgan fingerprint density at radius 1 is 1.35 bits per heavy atom. The summed E-state index contributed by atoms with van der Waals surface area (Å²) in [4.78, 5) is 16.3. The van der Waals surface area contributed by atoms with Crippen molar-refractivity contribution in [3.05, 3.63) is 42.5 Å². The molecule has 2 atom stereocenters. The summed E-state index contributed by atoms with van der Waals surface area (Å²) in [5.74, 6) is -0.0878. The molecular formula is C14H17N5O. The number of amides is 1. The van der Waals surface area contributed by atoms with Gasteiger partial charge in [0.25, 0.3) is 5.91 Å². The first-order valence-corrected chi connectivity index (χ1v) is 6.74. The number of hydrogen-bond donors (Lipinski definition) is 2. The predicted molar refractivity (Wildman–Crippen MR) is 74.4 cm³/mol. The molecule has 20 heavy (non-hydrogen) atoms. The third kappa shape index (κ3) is 2.55. The quantitative estimate of drug-likeness (QED) is 0.867. The number of benzene rings is 1. The first-order chi connectivity index (χ1) is 9.74. The lowest BCUT2D eigenvalue weighted by Gasteiger charge is -2.14. The van der Waals surface area contributed by atoms with Crippen LogP contribution in [-0.4, -0.2) is 32.8 Å². The molecule has 6 nitrogen and oxygen atoms in total. The maximum atomic E-state index is 12.4. The zero-order chi connectivity index (χ0) is 13.9. The van der Waals surface area contributed by atoms with Crippen molar-refractivity contribution in [3.8, 4) is 5.69 Å². The minimum atomic E-state index is -0.0878. The molecule has 1 saturated carbocycles. The number of carbonyl (C=O) groups is 1. The molecule has 104 valence electrons. The Morgan fingerprint density at radius 2 is 2.20 bits per heavy atom. The SMILES string of the molecule is N[C@@H]1CC[C@@H](NC(=O)c2ccccc2-n2cncn2)C1. The summed E-state index contributed by atoms with van der Waals surface area (Å²) in [6.45, 7) is 0. The van der Waals surface area contributed by atoms with Crippen molar-refractivity contribution < 1.29 is 4.79 Å². The maximum absolute atomic E-state index is 12.4. The Morgan fingerprint density at radius 3 is 2.90 bits per heavy atom. The average molecular weight is 271 g/mol. The van der Waals surface area contributed by atoms with Crippen molar-refractivity contribution in [2.75, 3.05) is 0 Å². The van der Waals surface area contributed by atoms with E-state index in [-0.39, 0.29) is 18.0 Å². The van der Waals surface area contributed by atoms with Gasteiger partial charge in [-0.2, -0.15) is 5.10 Å². The van der Waals surface area contributed by atoms with E-state index in [1.807, 2.05) is 18.2 Å². The van der Waals surface area contributed by atoms with Crippen LogP contribution in [-0.2, 0) is 0 Å². The van der Waals surface area contributed by atoms with Gasteiger partial charge >= 0.3 is 0 Å². The molecule has 1 aliphatic rings. The normalized spacial score (nSPS) is 21.9. The second-order valence-electron chi connectivity index (χ2n) is 5.10. The number of nitrogens with two attached hydrogens (primary N) is 1. The molecule has 1 amide bonds. The predicted octanol–water partition coefficient (Wildman–Crippen LogP) is 0.877. The van der Waals surface area contributed by atoms with Crippen LogP contribution in [0.5, 0.6) is 0 Å². The van der Waals surface area contributed by atoms with Crippen molar-refractivity contribution in [1.82, 2.24) is 20.1 Å². The second kappa shape index (κ2) is 5.42. The highest BCUT2D eigenvalue weighted by atomic mass is 16.1. The van der Waals surface area contributed by atoms with Crippen LogP contribution >= 0.6 is 0 Å². The van der Waals surface area contributed by atoms with Crippen LogP contribution in [0.3, 0.4) is 0 Å². The Bertz CT molecular complexity index is 595. The Kier molecular flexibility index (Phi) is 3.47. The van der Waals surface area contributed by atoms with Gasteiger partial charge in [0.1, 0.15) is 12.7 Å². The number of aromatic nitrogens is 3. The molecule has 0 spiro atoms. The van der Waals surface area contributed by atoms with E-state index in [4.69, 9.17) is 5.73 Å². The van der Waals surface area contributed by atoms with Crippen molar-refractivity contribution >= 4 is 5.91 Å². The second-order valence-corrected chi connectivity index (χ2v) is 5.10. The zero-order valence-corrected chi connectivity index (χ0v) is 11.1. The van der Waals surface area contributed by atoms with Crippen molar-refractivity contribution in [2.24, 2.45) is 5.73 Å². The number of rotatable bonds is 3. The van der Waals surface area contributed by atoms with E-state index >= 15 is 0 Å². The van der Waals surface area contributed by atoms with Crippen molar-refractivity contribution in [3.63, 3.8) is 0 Å². The fourth-order valence-electron chi connectivity index (χ4n) is 2.61. The van der Waals surface area contributed by atoms with E-state index in [0.717, 1.165) is 24.9 Å². The third-order valence-electron chi connectivity index (χ3n) is 3.62. The molecule has 0 unspecified atom stereocenters. The Balaban J connectivity index is 1.81. The number of nitrogens with one attached hydrogen (secondary N) is 1. The minimum absolute atomic E-state index is 0.0878. The van der Waals surface area contributed by atoms with Gasteiger partial charge in [-0.05, 0) is 31.4 Å². The molecule has 0 saturated heterocycles. The van der Waals surface area contributed by atoms with Crippen molar-refractivity contribution in [1.29, 1.82) is 0 Å². The monoisotopic (exact) mass is 271 g/mol. The molecule has 1 aliphatic carbocycles. The van der Waals surface area contributed by atoms with E-state index in [1.165, 1.54) is 6.33 Å². The highest BCUT2D eigenvalue weighted by Crippen LogP contribution is 2.19. The van der Waals surface area contributed by atoms with Crippen LogP contribution < -0.4 is 11.1 Å². The van der Waals surface area contributed by atoms with Gasteiger partial charge in [0.05, 0.1) is 11.3 Å². The molecule has 1 fully saturated rings. The first-order valence-electron chi connectivity index (χ1n) is 6.74. The largest absolute Gasteiger partial charge is 0.349 e. The van der Waals surface area contributed by atoms with Crippen molar-refractivity contribution in [2.45, 2.75) is 31.3 Å². The van der Waals surface area contributed by atoms with Gasteiger partial charge in [0, 0.05) is 12.1 Å². The van der Waals surface area contributed by atoms with Crippen LogP contribution in [0.25, 0.3) is 5.69 Å². The molecule has 1 aromatic heterocycles. The lowest BCUT2D eigenvalue weighted by Crippen LogP contribution is -2.34. The average Bonchev–Trinajstić information content (AvgIpc) is 3.10. The molecule has 1 heterocycles. The van der Waals surface area contributed by atoms with Crippen LogP contribution in [0.2, 0.25) is 0 Å². The van der Waals surface area contributed by atoms with E-state index in [1.54, 1.807) is 17.1 Å².